The number of nitrogens with zero attached hydrogens (tertiary/aromatic N) is 2. The van der Waals surface area contributed by atoms with E-state index in [1.807, 2.05) is 29.2 Å². The maximum Gasteiger partial charge on any atom is 0.416 e. The van der Waals surface area contributed by atoms with Crippen molar-refractivity contribution in [2.45, 2.75) is 44.8 Å². The van der Waals surface area contributed by atoms with Gasteiger partial charge >= 0.3 is 12.2 Å². The van der Waals surface area contributed by atoms with Gasteiger partial charge in [0.15, 0.2) is 0 Å². The summed E-state index contributed by atoms with van der Waals surface area (Å²) in [5.74, 6) is 0.385. The van der Waals surface area contributed by atoms with E-state index in [4.69, 9.17) is 11.6 Å². The monoisotopic (exact) mass is 508 g/mol. The number of nitrogens with one attached hydrogen (secondary N) is 2. The molecule has 0 unspecified atom stereocenters. The van der Waals surface area contributed by atoms with E-state index in [1.165, 1.54) is 19.1 Å². The highest BCUT2D eigenvalue weighted by Gasteiger charge is 2.33. The number of urea groups is 1. The number of carbonyl (C=O) groups is 1. The summed E-state index contributed by atoms with van der Waals surface area (Å²) >= 11 is 5.96. The topological polar surface area (TPSA) is 47.6 Å². The van der Waals surface area contributed by atoms with E-state index in [-0.39, 0.29) is 17.6 Å². The molecule has 1 saturated heterocycles. The predicted molar refractivity (Wildman–Crippen MR) is 134 cm³/mol. The van der Waals surface area contributed by atoms with Crippen molar-refractivity contribution in [1.82, 2.24) is 10.2 Å². The first kappa shape index (κ1) is 25.5. The van der Waals surface area contributed by atoms with Crippen molar-refractivity contribution in [2.75, 3.05) is 42.9 Å². The van der Waals surface area contributed by atoms with Crippen LogP contribution in [0.2, 0.25) is 5.02 Å². The number of alkyl halides is 3. The summed E-state index contributed by atoms with van der Waals surface area (Å²) in [6, 6.07) is 12.3. The van der Waals surface area contributed by atoms with E-state index in [0.29, 0.717) is 36.3 Å². The SMILES string of the molecule is Cc1ccc(NC2CCC(CNC(=O)N3CCN(c4ccc(Cl)cc4)CC3)CC2)cc1C(F)(F)F. The molecule has 35 heavy (non-hydrogen) atoms. The average Bonchev–Trinajstić information content (AvgIpc) is 2.84. The molecule has 0 radical (unpaired) electrons. The van der Waals surface area contributed by atoms with E-state index in [0.717, 1.165) is 44.5 Å². The number of halogens is 4. The Kier molecular flexibility index (Phi) is 7.99. The summed E-state index contributed by atoms with van der Waals surface area (Å²) in [7, 11) is 0. The highest BCUT2D eigenvalue weighted by molar-refractivity contribution is 6.30. The van der Waals surface area contributed by atoms with Crippen LogP contribution in [0.3, 0.4) is 0 Å². The zero-order valence-electron chi connectivity index (χ0n) is 19.9. The summed E-state index contributed by atoms with van der Waals surface area (Å²) < 4.78 is 39.5. The molecule has 2 aromatic carbocycles. The maximum absolute atomic E-state index is 13.2. The van der Waals surface area contributed by atoms with E-state index in [1.54, 1.807) is 6.07 Å². The molecule has 0 bridgehead atoms. The Hall–Kier alpha value is -2.61. The van der Waals surface area contributed by atoms with Gasteiger partial charge in [0.25, 0.3) is 0 Å². The Labute approximate surface area is 209 Å². The van der Waals surface area contributed by atoms with Gasteiger partial charge in [-0.3, -0.25) is 0 Å². The lowest BCUT2D eigenvalue weighted by atomic mass is 9.86. The molecule has 190 valence electrons. The lowest BCUT2D eigenvalue weighted by molar-refractivity contribution is -0.138. The number of aryl methyl sites for hydroxylation is 1. The molecule has 4 rings (SSSR count). The van der Waals surface area contributed by atoms with Crippen LogP contribution in [0.1, 0.15) is 36.8 Å². The van der Waals surface area contributed by atoms with E-state index in [9.17, 15) is 18.0 Å². The van der Waals surface area contributed by atoms with Crippen molar-refractivity contribution in [3.63, 3.8) is 0 Å². The Morgan fingerprint density at radius 1 is 1.00 bits per heavy atom. The van der Waals surface area contributed by atoms with Crippen LogP contribution < -0.4 is 15.5 Å². The van der Waals surface area contributed by atoms with Crippen LogP contribution in [0.15, 0.2) is 42.5 Å². The lowest BCUT2D eigenvalue weighted by Crippen LogP contribution is -2.52. The van der Waals surface area contributed by atoms with Crippen LogP contribution in [-0.4, -0.2) is 49.7 Å². The molecule has 5 nitrogen and oxygen atoms in total. The van der Waals surface area contributed by atoms with Crippen LogP contribution >= 0.6 is 11.6 Å². The van der Waals surface area contributed by atoms with Crippen LogP contribution in [0.4, 0.5) is 29.3 Å². The van der Waals surface area contributed by atoms with Gasteiger partial charge in [-0.25, -0.2) is 4.79 Å². The van der Waals surface area contributed by atoms with Gasteiger partial charge in [-0.05, 0) is 80.5 Å². The van der Waals surface area contributed by atoms with Gasteiger partial charge in [-0.15, -0.1) is 0 Å². The van der Waals surface area contributed by atoms with Crippen molar-refractivity contribution in [3.05, 3.63) is 58.6 Å². The van der Waals surface area contributed by atoms with Crippen LogP contribution in [-0.2, 0) is 6.18 Å². The number of anilines is 2. The van der Waals surface area contributed by atoms with Gasteiger partial charge in [-0.1, -0.05) is 17.7 Å². The number of piperazine rings is 1. The Bertz CT molecular complexity index is 999. The summed E-state index contributed by atoms with van der Waals surface area (Å²) in [5, 5.41) is 7.07. The molecule has 0 spiro atoms. The minimum atomic E-state index is -4.35. The largest absolute Gasteiger partial charge is 0.416 e. The second kappa shape index (κ2) is 11.0. The number of amides is 2. The van der Waals surface area contributed by atoms with Crippen LogP contribution in [0, 0.1) is 12.8 Å². The first-order valence-corrected chi connectivity index (χ1v) is 12.5. The van der Waals surface area contributed by atoms with Gasteiger partial charge in [0.05, 0.1) is 5.56 Å². The Morgan fingerprint density at radius 3 is 2.29 bits per heavy atom. The molecular weight excluding hydrogens is 477 g/mol. The third-order valence-electron chi connectivity index (χ3n) is 7.06. The fourth-order valence-electron chi connectivity index (χ4n) is 4.93. The van der Waals surface area contributed by atoms with Gasteiger partial charge in [0.2, 0.25) is 0 Å². The fraction of sp³-hybridized carbons (Fsp3) is 0.500. The van der Waals surface area contributed by atoms with E-state index in [2.05, 4.69) is 15.5 Å². The zero-order chi connectivity index (χ0) is 25.0. The molecule has 2 aromatic rings. The minimum Gasteiger partial charge on any atom is -0.382 e. The molecule has 2 aliphatic rings. The van der Waals surface area contributed by atoms with E-state index < -0.39 is 11.7 Å². The lowest BCUT2D eigenvalue weighted by Gasteiger charge is -2.36. The molecule has 0 aromatic heterocycles. The molecule has 1 aliphatic heterocycles. The third-order valence-corrected chi connectivity index (χ3v) is 7.31. The maximum atomic E-state index is 13.2. The molecule has 1 aliphatic carbocycles. The van der Waals surface area contributed by atoms with Crippen molar-refractivity contribution in [3.8, 4) is 0 Å². The average molecular weight is 509 g/mol. The standard InChI is InChI=1S/C26H32ClF3N4O/c1-18-2-7-22(16-24(18)26(28,29)30)32-21-8-3-19(4-9-21)17-31-25(35)34-14-12-33(13-15-34)23-10-5-20(27)6-11-23/h2,5-7,10-11,16,19,21,32H,3-4,8-9,12-15,17H2,1H3,(H,31,35). The number of rotatable bonds is 5. The number of benzene rings is 2. The number of hydrogen-bond donors (Lipinski definition) is 2. The Balaban J connectivity index is 1.17. The van der Waals surface area contributed by atoms with Gasteiger partial charge < -0.3 is 20.4 Å². The molecule has 2 N–H and O–H groups in total. The van der Waals surface area contributed by atoms with Crippen LogP contribution in [0.5, 0.6) is 0 Å². The highest BCUT2D eigenvalue weighted by Crippen LogP contribution is 2.34. The first-order chi connectivity index (χ1) is 16.7. The summed E-state index contributed by atoms with van der Waals surface area (Å²) in [6.07, 6.45) is -0.744. The summed E-state index contributed by atoms with van der Waals surface area (Å²) in [4.78, 5) is 16.8. The van der Waals surface area contributed by atoms with Crippen molar-refractivity contribution in [2.24, 2.45) is 5.92 Å². The molecule has 2 amide bonds. The van der Waals surface area contributed by atoms with Gasteiger partial charge in [0.1, 0.15) is 0 Å². The van der Waals surface area contributed by atoms with Crippen molar-refractivity contribution < 1.29 is 18.0 Å². The van der Waals surface area contributed by atoms with Crippen molar-refractivity contribution >= 4 is 29.0 Å². The second-order valence-corrected chi connectivity index (χ2v) is 9.96. The second-order valence-electron chi connectivity index (χ2n) is 9.53. The number of carbonyl (C=O) groups excluding carboxylic acids is 1. The zero-order valence-corrected chi connectivity index (χ0v) is 20.6. The molecular formula is C26H32ClF3N4O. The molecule has 0 atom stereocenters. The molecule has 2 fully saturated rings. The van der Waals surface area contributed by atoms with Gasteiger partial charge in [0, 0.05) is 55.2 Å². The predicted octanol–water partition coefficient (Wildman–Crippen LogP) is 6.17. The number of hydrogen-bond acceptors (Lipinski definition) is 3. The first-order valence-electron chi connectivity index (χ1n) is 12.2. The highest BCUT2D eigenvalue weighted by atomic mass is 35.5. The summed E-state index contributed by atoms with van der Waals surface area (Å²) in [6.45, 7) is 5.00. The fourth-order valence-corrected chi connectivity index (χ4v) is 5.05. The minimum absolute atomic E-state index is 0.0275. The quantitative estimate of drug-likeness (QED) is 0.508. The van der Waals surface area contributed by atoms with E-state index >= 15 is 0 Å². The summed E-state index contributed by atoms with van der Waals surface area (Å²) in [5.41, 5.74) is 1.26. The third kappa shape index (κ3) is 6.75. The van der Waals surface area contributed by atoms with Crippen LogP contribution in [0.25, 0.3) is 0 Å². The van der Waals surface area contributed by atoms with Crippen molar-refractivity contribution in [1.29, 1.82) is 0 Å². The normalized spacial score (nSPS) is 21.1. The Morgan fingerprint density at radius 2 is 1.66 bits per heavy atom. The van der Waals surface area contributed by atoms with Gasteiger partial charge in [-0.2, -0.15) is 13.2 Å². The molecule has 1 saturated carbocycles. The smallest absolute Gasteiger partial charge is 0.382 e. The molecule has 1 heterocycles. The molecule has 9 heteroatoms.